The smallest absolute Gasteiger partial charge is 0.284 e. The number of hydrogen-bond donors (Lipinski definition) is 0. The Labute approximate surface area is 153 Å². The van der Waals surface area contributed by atoms with Gasteiger partial charge in [0.15, 0.2) is 0 Å². The van der Waals surface area contributed by atoms with Crippen LogP contribution in [0.5, 0.6) is 0 Å². The van der Waals surface area contributed by atoms with Crippen LogP contribution in [-0.4, -0.2) is 45.6 Å². The predicted molar refractivity (Wildman–Crippen MR) is 58.5 cm³/mol. The normalized spacial score (nSPS) is 20.2. The van der Waals surface area contributed by atoms with Crippen molar-refractivity contribution in [1.82, 2.24) is 0 Å². The molecule has 2 atom stereocenters. The van der Waals surface area contributed by atoms with Crippen LogP contribution in [0.2, 0.25) is 0 Å². The van der Waals surface area contributed by atoms with E-state index in [4.69, 9.17) is 0 Å². The van der Waals surface area contributed by atoms with Crippen LogP contribution in [0.3, 0.4) is 0 Å². The molecule has 0 N–H and O–H groups in total. The topological polar surface area (TPSA) is 9.23 Å². The minimum Gasteiger partial charge on any atom is -0.284 e. The van der Waals surface area contributed by atoms with E-state index in [1.54, 1.807) is 0 Å². The Morgan fingerprint density at radius 1 is 0.370 bits per heavy atom. The van der Waals surface area contributed by atoms with Gasteiger partial charge >= 0.3 is 45.6 Å². The van der Waals surface area contributed by atoms with Gasteiger partial charge in [0.1, 0.15) is 0 Å². The summed E-state index contributed by atoms with van der Waals surface area (Å²) in [6, 6.07) is 0. The first kappa shape index (κ1) is 26.8. The average molecular weight is 576 g/mol. The fourth-order valence-electron chi connectivity index (χ4n) is 1.28. The van der Waals surface area contributed by atoms with E-state index in [-0.39, 0.29) is 0 Å². The van der Waals surface area contributed by atoms with Gasteiger partial charge in [-0.3, -0.25) is 4.74 Å². The molecule has 0 aliphatic carbocycles. The second kappa shape index (κ2) is 6.66. The second-order valence-electron chi connectivity index (χ2n) is 4.44. The highest BCUT2D eigenvalue weighted by molar-refractivity contribution is 9.10. The molecular formula is C8Br2F16O. The molecule has 0 aliphatic heterocycles. The minimum atomic E-state index is -7.48. The third kappa shape index (κ3) is 4.09. The molecule has 0 saturated heterocycles. The molecule has 19 heteroatoms. The molecular weight excluding hydrogens is 576 g/mol. The molecule has 27 heavy (non-hydrogen) atoms. The quantitative estimate of drug-likeness (QED) is 0.268. The van der Waals surface area contributed by atoms with Crippen molar-refractivity contribution >= 4 is 31.9 Å². The SMILES string of the molecule is FC(F)(F)C(F)(C(F)(F)F)C(F)(Br)OC(F)(Br)C(F)(C(F)(F)F)C(F)(F)F. The van der Waals surface area contributed by atoms with Crippen LogP contribution in [-0.2, 0) is 4.74 Å². The lowest BCUT2D eigenvalue weighted by atomic mass is 10.0. The first-order valence-corrected chi connectivity index (χ1v) is 6.90. The number of alkyl halides is 18. The van der Waals surface area contributed by atoms with Crippen molar-refractivity contribution in [3.63, 3.8) is 0 Å². The first-order valence-electron chi connectivity index (χ1n) is 5.31. The first-order chi connectivity index (χ1) is 11.2. The van der Waals surface area contributed by atoms with Gasteiger partial charge in [-0.05, 0) is 31.9 Å². The highest BCUT2D eigenvalue weighted by atomic mass is 79.9. The molecule has 164 valence electrons. The van der Waals surface area contributed by atoms with E-state index in [2.05, 4.69) is 4.74 Å². The van der Waals surface area contributed by atoms with E-state index in [1.807, 2.05) is 0 Å². The van der Waals surface area contributed by atoms with E-state index >= 15 is 0 Å². The van der Waals surface area contributed by atoms with Crippen LogP contribution < -0.4 is 0 Å². The molecule has 0 radical (unpaired) electrons. The Balaban J connectivity index is 6.60. The highest BCUT2D eigenvalue weighted by Gasteiger charge is 2.89. The van der Waals surface area contributed by atoms with Crippen molar-refractivity contribution < 1.29 is 75.0 Å². The summed E-state index contributed by atoms with van der Waals surface area (Å²) in [6.45, 7) is 0. The maximum atomic E-state index is 13.6. The molecule has 0 aromatic carbocycles. The lowest BCUT2D eigenvalue weighted by molar-refractivity contribution is -0.437. The van der Waals surface area contributed by atoms with Crippen LogP contribution in [0.4, 0.5) is 70.2 Å². The summed E-state index contributed by atoms with van der Waals surface area (Å²) in [5, 5.41) is 0. The zero-order valence-electron chi connectivity index (χ0n) is 11.2. The van der Waals surface area contributed by atoms with E-state index in [0.717, 1.165) is 0 Å². The largest absolute Gasteiger partial charge is 0.438 e. The molecule has 0 aliphatic rings. The van der Waals surface area contributed by atoms with Gasteiger partial charge in [0.05, 0.1) is 0 Å². The second-order valence-corrected chi connectivity index (χ2v) is 6.48. The van der Waals surface area contributed by atoms with Crippen molar-refractivity contribution in [3.05, 3.63) is 0 Å². The standard InChI is InChI=1S/C8Br2F16O/c9-3(13,1(11,5(15,16)17)6(18,19)20)27-4(10,14)2(12,7(21,22)23)8(24,25)26. The molecule has 0 saturated carbocycles. The molecule has 2 unspecified atom stereocenters. The lowest BCUT2D eigenvalue weighted by Gasteiger charge is -2.43. The van der Waals surface area contributed by atoms with E-state index in [9.17, 15) is 70.2 Å². The fraction of sp³-hybridized carbons (Fsp3) is 1.00. The lowest BCUT2D eigenvalue weighted by Crippen LogP contribution is -2.70. The number of ether oxygens (including phenoxy) is 1. The van der Waals surface area contributed by atoms with Gasteiger partial charge in [0.25, 0.3) is 0 Å². The Hall–Kier alpha value is -0.200. The number of rotatable bonds is 4. The third-order valence-corrected chi connectivity index (χ3v) is 4.04. The summed E-state index contributed by atoms with van der Waals surface area (Å²) in [6.07, 6.45) is -29.9. The van der Waals surface area contributed by atoms with Gasteiger partial charge in [-0.25, -0.2) is 8.78 Å². The molecule has 0 fully saturated rings. The summed E-state index contributed by atoms with van der Waals surface area (Å²) >= 11 is 0.926. The molecule has 0 aromatic heterocycles. The van der Waals surface area contributed by atoms with E-state index in [0.29, 0.717) is 31.9 Å². The summed E-state index contributed by atoms with van der Waals surface area (Å²) in [5.74, 6) is 0. The zero-order valence-corrected chi connectivity index (χ0v) is 14.4. The van der Waals surface area contributed by atoms with Crippen LogP contribution in [0, 0.1) is 0 Å². The van der Waals surface area contributed by atoms with Gasteiger partial charge in [-0.15, -0.1) is 0 Å². The average Bonchev–Trinajstić information content (AvgIpc) is 2.29. The van der Waals surface area contributed by atoms with Crippen LogP contribution in [0.15, 0.2) is 0 Å². The number of hydrogen-bond acceptors (Lipinski definition) is 1. The molecule has 0 aromatic rings. The van der Waals surface area contributed by atoms with Crippen molar-refractivity contribution in [2.24, 2.45) is 0 Å². The Morgan fingerprint density at radius 3 is 0.630 bits per heavy atom. The zero-order chi connectivity index (χ0) is 22.7. The van der Waals surface area contributed by atoms with Crippen molar-refractivity contribution in [1.29, 1.82) is 0 Å². The minimum absolute atomic E-state index is 0.463. The van der Waals surface area contributed by atoms with Crippen LogP contribution >= 0.6 is 31.9 Å². The third-order valence-electron chi connectivity index (χ3n) is 2.62. The summed E-state index contributed by atoms with van der Waals surface area (Å²) in [4.78, 5) is 0. The molecule has 0 bridgehead atoms. The Bertz CT molecular complexity index is 463. The van der Waals surface area contributed by atoms with Gasteiger partial charge in [-0.2, -0.15) is 61.5 Å². The van der Waals surface area contributed by atoms with Crippen molar-refractivity contribution in [3.8, 4) is 0 Å². The van der Waals surface area contributed by atoms with Gasteiger partial charge in [0.2, 0.25) is 0 Å². The van der Waals surface area contributed by atoms with Gasteiger partial charge in [-0.1, -0.05) is 0 Å². The Morgan fingerprint density at radius 2 is 0.519 bits per heavy atom. The molecule has 0 rings (SSSR count). The number of halogens is 18. The molecule has 0 amide bonds. The summed E-state index contributed by atoms with van der Waals surface area (Å²) < 4.78 is 191. The summed E-state index contributed by atoms with van der Waals surface area (Å²) in [5.41, 5.74) is -14.9. The Kier molecular flexibility index (Phi) is 6.61. The van der Waals surface area contributed by atoms with Crippen molar-refractivity contribution in [2.45, 2.75) is 45.6 Å². The molecule has 1 nitrogen and oxygen atoms in total. The van der Waals surface area contributed by atoms with E-state index < -0.39 is 45.6 Å². The van der Waals surface area contributed by atoms with Crippen LogP contribution in [0.25, 0.3) is 0 Å². The molecule has 0 heterocycles. The maximum absolute atomic E-state index is 13.6. The maximum Gasteiger partial charge on any atom is 0.438 e. The monoisotopic (exact) mass is 574 g/mol. The predicted octanol–water partition coefficient (Wildman–Crippen LogP) is 6.71. The van der Waals surface area contributed by atoms with Crippen molar-refractivity contribution in [2.75, 3.05) is 0 Å². The summed E-state index contributed by atoms with van der Waals surface area (Å²) in [7, 11) is 0. The molecule has 0 spiro atoms. The van der Waals surface area contributed by atoms with Crippen LogP contribution in [0.1, 0.15) is 0 Å². The highest BCUT2D eigenvalue weighted by Crippen LogP contribution is 2.62. The van der Waals surface area contributed by atoms with Gasteiger partial charge in [0, 0.05) is 0 Å². The fourth-order valence-corrected chi connectivity index (χ4v) is 2.85. The van der Waals surface area contributed by atoms with E-state index in [1.165, 1.54) is 0 Å². The van der Waals surface area contributed by atoms with Gasteiger partial charge < -0.3 is 0 Å².